The zero-order chi connectivity index (χ0) is 99.3. The number of Topliss-reactive ketones (excluding diaryl/α,β-unsaturated/α-hetero) is 2. The molecule has 0 amide bonds. The van der Waals surface area contributed by atoms with Gasteiger partial charge in [0.25, 0.3) is 0 Å². The van der Waals surface area contributed by atoms with E-state index in [1.807, 2.05) is 33.8 Å². The second kappa shape index (κ2) is 48.4. The number of carbonyl (C=O) groups is 3. The maximum atomic E-state index is 12.8. The molecule has 19 atom stereocenters. The first-order valence-electron chi connectivity index (χ1n) is 52.4. The maximum absolute atomic E-state index is 12.8. The Bertz CT molecular complexity index is 5250. The van der Waals surface area contributed by atoms with Crippen LogP contribution in [-0.4, -0.2) is 74.1 Å². The van der Waals surface area contributed by atoms with Crippen molar-refractivity contribution in [3.63, 3.8) is 0 Å². The molecule has 3 heterocycles. The topological polar surface area (TPSA) is 200 Å². The number of rotatable bonds is 22. The molecule has 8 aliphatic carbocycles. The fourth-order valence-corrected chi connectivity index (χ4v) is 24.6. The van der Waals surface area contributed by atoms with Gasteiger partial charge in [0.05, 0.1) is 13.2 Å². The molecule has 4 aromatic carbocycles. The Morgan fingerprint density at radius 1 is 0.415 bits per heavy atom. The third kappa shape index (κ3) is 25.6. The van der Waals surface area contributed by atoms with Crippen molar-refractivity contribution < 1.29 is 59.2 Å². The van der Waals surface area contributed by atoms with Crippen LogP contribution in [0.15, 0.2) is 152 Å². The third-order valence-corrected chi connectivity index (χ3v) is 32.9. The summed E-state index contributed by atoms with van der Waals surface area (Å²) in [5, 5.41) is 62.7. The van der Waals surface area contributed by atoms with E-state index < -0.39 is 6.29 Å². The molecule has 4 unspecified atom stereocenters. The van der Waals surface area contributed by atoms with Crippen LogP contribution in [0.4, 0.5) is 0 Å². The van der Waals surface area contributed by atoms with Crippen LogP contribution in [0, 0.1) is 101 Å². The summed E-state index contributed by atoms with van der Waals surface area (Å²) in [6.07, 6.45) is 41.0. The number of phenols is 4. The maximum Gasteiger partial charge on any atom is 0.200 e. The van der Waals surface area contributed by atoms with Gasteiger partial charge in [0, 0.05) is 96.8 Å². The lowest BCUT2D eigenvalue weighted by Gasteiger charge is -2.44. The number of allylic oxidation sites excluding steroid dienone is 20. The van der Waals surface area contributed by atoms with Gasteiger partial charge in [0.15, 0.2) is 17.3 Å². The fraction of sp³-hybridized carbons (Fsp3) is 0.602. The number of aromatic hydroxyl groups is 4. The smallest absolute Gasteiger partial charge is 0.200 e. The van der Waals surface area contributed by atoms with E-state index in [0.717, 1.165) is 206 Å². The number of aliphatic hydroxyl groups is 2. The van der Waals surface area contributed by atoms with Crippen molar-refractivity contribution in [2.24, 2.45) is 59.2 Å². The van der Waals surface area contributed by atoms with E-state index in [9.17, 15) is 45.0 Å². The van der Waals surface area contributed by atoms with Crippen LogP contribution < -0.4 is 9.47 Å². The van der Waals surface area contributed by atoms with E-state index in [2.05, 4.69) is 214 Å². The number of aryl methyl sites for hydroxylation is 4. The van der Waals surface area contributed by atoms with Crippen LogP contribution in [0.3, 0.4) is 0 Å². The van der Waals surface area contributed by atoms with E-state index >= 15 is 0 Å². The highest BCUT2D eigenvalue weighted by Gasteiger charge is 2.48. The van der Waals surface area contributed by atoms with Gasteiger partial charge in [-0.25, -0.2) is 0 Å². The normalized spacial score (nSPS) is 25.9. The minimum absolute atomic E-state index is 0.0702. The van der Waals surface area contributed by atoms with Gasteiger partial charge in [0.2, 0.25) is 6.29 Å². The van der Waals surface area contributed by atoms with Crippen molar-refractivity contribution in [1.29, 1.82) is 0 Å². The predicted octanol–water partition coefficient (Wildman–Crippen LogP) is 31.9. The lowest BCUT2D eigenvalue weighted by atomic mass is 9.65. The molecule has 0 bridgehead atoms. The predicted molar refractivity (Wildman–Crippen MR) is 560 cm³/mol. The highest BCUT2D eigenvalue weighted by molar-refractivity contribution is 6.23. The van der Waals surface area contributed by atoms with Crippen LogP contribution in [0.5, 0.6) is 34.5 Å². The molecule has 0 saturated carbocycles. The molecule has 15 rings (SSSR count). The Kier molecular flexibility index (Phi) is 38.9. The largest absolute Gasteiger partial charge is 0.508 e. The molecule has 6 N–H and O–H groups in total. The van der Waals surface area contributed by atoms with Gasteiger partial charge < -0.3 is 44.8 Å². The third-order valence-electron chi connectivity index (χ3n) is 32.9. The zero-order valence-corrected chi connectivity index (χ0v) is 88.8. The molecule has 0 radical (unpaired) electrons. The van der Waals surface area contributed by atoms with Gasteiger partial charge in [-0.1, -0.05) is 144 Å². The number of benzene rings is 4. The van der Waals surface area contributed by atoms with Crippen molar-refractivity contribution in [2.45, 2.75) is 402 Å². The number of carbonyl (C=O) groups excluding carboxylic acids is 3. The summed E-state index contributed by atoms with van der Waals surface area (Å²) in [6, 6.07) is 8.27. The summed E-state index contributed by atoms with van der Waals surface area (Å²) in [5.41, 5.74) is 30.4. The van der Waals surface area contributed by atoms with Gasteiger partial charge in [-0.05, 0) is 444 Å². The summed E-state index contributed by atoms with van der Waals surface area (Å²) in [5.74, 6) is 12.4. The van der Waals surface area contributed by atoms with Crippen molar-refractivity contribution in [2.75, 3.05) is 19.8 Å². The molecule has 135 heavy (non-hydrogen) atoms. The van der Waals surface area contributed by atoms with E-state index in [4.69, 9.17) is 14.2 Å². The Balaban J connectivity index is 0.000000168. The molecule has 0 spiro atoms. The number of hydrogen-bond donors (Lipinski definition) is 6. The fourth-order valence-electron chi connectivity index (χ4n) is 24.6. The van der Waals surface area contributed by atoms with Crippen molar-refractivity contribution in [3.05, 3.63) is 229 Å². The van der Waals surface area contributed by atoms with Gasteiger partial charge in [-0.3, -0.25) is 14.4 Å². The first kappa shape index (κ1) is 109. The molecule has 1 saturated heterocycles. The number of fused-ring (bicyclic) bond motifs is 2. The van der Waals surface area contributed by atoms with Crippen molar-refractivity contribution in [3.8, 4) is 34.5 Å². The first-order valence-corrected chi connectivity index (χ1v) is 52.4. The zero-order valence-electron chi connectivity index (χ0n) is 88.8. The summed E-state index contributed by atoms with van der Waals surface area (Å²) in [7, 11) is 0. The Morgan fingerprint density at radius 2 is 0.815 bits per heavy atom. The highest BCUT2D eigenvalue weighted by atomic mass is 16.6. The lowest BCUT2D eigenvalue weighted by molar-refractivity contribution is -0.117. The number of ketones is 3. The molecular formula is C123H176O12. The van der Waals surface area contributed by atoms with Crippen LogP contribution in [-0.2, 0) is 19.1 Å². The molecule has 12 heteroatoms. The van der Waals surface area contributed by atoms with Gasteiger partial charge in [0.1, 0.15) is 40.3 Å². The Labute approximate surface area is 816 Å². The van der Waals surface area contributed by atoms with Gasteiger partial charge in [-0.15, -0.1) is 0 Å². The Hall–Kier alpha value is -8.45. The van der Waals surface area contributed by atoms with Gasteiger partial charge >= 0.3 is 0 Å². The summed E-state index contributed by atoms with van der Waals surface area (Å²) >= 11 is 0. The second-order valence-electron chi connectivity index (χ2n) is 44.9. The average Bonchev–Trinajstić information content (AvgIpc) is 0.755. The van der Waals surface area contributed by atoms with E-state index in [-0.39, 0.29) is 53.5 Å². The minimum Gasteiger partial charge on any atom is -0.508 e. The molecule has 4 aromatic rings. The SMILES string of the molecule is C=C1C(=O)C2=C3C(=C1C)OC[C@@H](CCC=C(C)C)[C@@H]3CC[C@H]2C.CC(C)=CCC[C@@H]1C(O)Oc2c(C)cc(O)c3c2[C@H]1CC[C@H]3C.CC(C)=CCC[C@@H]1COc2c(C)cc(O)c3c2[C@H]1CC[C@H]3C.CC(C)=CCC[C@H](C)C1CC[C@@H](C)C2=C1C(=O)C(C)=CC2=O.CC(C)=CCC[C@H](C)C1CC[C@@H](C)c2c1cc(C)c(C)c2O.CC(C)=CCC[C@H](CO)C1CC[C@@H](C)c2c1cc(C)c(C)c2O. The van der Waals surface area contributed by atoms with Crippen molar-refractivity contribution >= 4 is 17.3 Å². The van der Waals surface area contributed by atoms with Crippen molar-refractivity contribution in [1.82, 2.24) is 0 Å². The molecule has 0 aromatic heterocycles. The average molecular weight is 1850 g/mol. The minimum atomic E-state index is -0.748. The molecule has 1 fully saturated rings. The molecular weight excluding hydrogens is 1670 g/mol. The monoisotopic (exact) mass is 1850 g/mol. The summed E-state index contributed by atoms with van der Waals surface area (Å²) < 4.78 is 18.2. The van der Waals surface area contributed by atoms with Crippen LogP contribution in [0.1, 0.15) is 432 Å². The van der Waals surface area contributed by atoms with E-state index in [0.29, 0.717) is 111 Å². The van der Waals surface area contributed by atoms with Crippen LogP contribution in [0.25, 0.3) is 0 Å². The lowest BCUT2D eigenvalue weighted by Crippen LogP contribution is -2.38. The number of phenolic OH excluding ortho intramolecular Hbond substituents is 4. The molecule has 12 nitrogen and oxygen atoms in total. The van der Waals surface area contributed by atoms with Gasteiger partial charge in [-0.2, -0.15) is 0 Å². The Morgan fingerprint density at radius 3 is 1.33 bits per heavy atom. The number of ether oxygens (including phenoxy) is 3. The number of aliphatic hydroxyl groups excluding tert-OH is 2. The molecule has 3 aliphatic heterocycles. The summed E-state index contributed by atoms with van der Waals surface area (Å²) in [4.78, 5) is 37.8. The quantitative estimate of drug-likeness (QED) is 0.0247. The molecule has 11 aliphatic rings. The van der Waals surface area contributed by atoms with E-state index in [1.54, 1.807) is 13.0 Å². The first-order chi connectivity index (χ1) is 63.8. The van der Waals surface area contributed by atoms with Crippen LogP contribution >= 0.6 is 0 Å². The number of hydrogen-bond acceptors (Lipinski definition) is 12. The highest BCUT2D eigenvalue weighted by Crippen LogP contribution is 2.59. The standard InChI is InChI=1S/C21H28O2.C21H32O2.C21H32O.C20H28O3.2C20H28O2/c1-12(2)7-6-8-16-11-23-21-15(5)14(4)20(22)18-13(3)9-10-17(16)19(18)21;1-13(2)7-6-8-17(12-22)18-10-9-14(3)20-19(18)11-15(4)16(5)21(20)23;1-13(2)8-7-9-14(3)18-11-10-15(4)20-19(18)12-16(5)17(6)21(20)22;1-11(2)6-5-7-15-14-9-8-12(3)17-16(21)10-13(4)19(18(14)17)23-20(15)22;1-12(2)6-5-7-15-11-22-20-14(4)10-17(21)18-13(3)8-9-16(15)19(18)20;1-12(2)7-6-8-13(3)16-10-9-14(4)18-17(21)11-15(5)20(22)19(16)18/h7,13,16-17H,4,6,8-11H2,1-3,5H3;7,11,14,17-18,22-23H,6,8-10,12H2,1-5H3;8,12,14-15,18,22H,7,9-11H2,1-6H3;6,10,12,14-15,20-22H,5,7-9H2,1-4H3;6,10,13,15-16,21H,5,7-9,11H2,1-4H3;7,11,13-14,16H,6,8-10H2,1-5H3/t13-,16-,17+;14-,17-,18?;14-,15+,18?;12-,14+,15+,20?;13-,15-,16+;13-,14+,16?/m110110/s1. The molecule has 740 valence electrons. The second-order valence-corrected chi connectivity index (χ2v) is 44.9. The van der Waals surface area contributed by atoms with E-state index in [1.165, 1.54) is 124 Å². The summed E-state index contributed by atoms with van der Waals surface area (Å²) in [6.45, 7) is 65.2. The van der Waals surface area contributed by atoms with Crippen LogP contribution in [0.2, 0.25) is 0 Å².